The summed E-state index contributed by atoms with van der Waals surface area (Å²) in [5.74, 6) is 0.280. The fourth-order valence-electron chi connectivity index (χ4n) is 1.71. The van der Waals surface area contributed by atoms with Gasteiger partial charge in [0.15, 0.2) is 5.69 Å². The van der Waals surface area contributed by atoms with E-state index >= 15 is 0 Å². The fourth-order valence-corrected chi connectivity index (χ4v) is 2.18. The van der Waals surface area contributed by atoms with Crippen LogP contribution < -0.4 is 10.1 Å². The van der Waals surface area contributed by atoms with Gasteiger partial charge in [-0.2, -0.15) is 5.10 Å². The SMILES string of the molecule is COc1cc(C(=O)Nc2ccc(Br)cc2C)nn1C. The molecule has 2 aromatic rings. The quantitative estimate of drug-likeness (QED) is 0.944. The molecule has 5 nitrogen and oxygen atoms in total. The predicted molar refractivity (Wildman–Crippen MR) is 76.6 cm³/mol. The third-order valence-corrected chi connectivity index (χ3v) is 3.21. The first-order valence-corrected chi connectivity index (χ1v) is 6.46. The van der Waals surface area contributed by atoms with Crippen molar-refractivity contribution in [1.29, 1.82) is 0 Å². The van der Waals surface area contributed by atoms with Gasteiger partial charge in [-0.3, -0.25) is 4.79 Å². The minimum Gasteiger partial charge on any atom is -0.481 e. The second-order valence-electron chi connectivity index (χ2n) is 4.11. The summed E-state index contributed by atoms with van der Waals surface area (Å²) in [5.41, 5.74) is 2.06. The first kappa shape index (κ1) is 13.6. The number of ether oxygens (including phenoxy) is 1. The predicted octanol–water partition coefficient (Wildman–Crippen LogP) is 2.75. The van der Waals surface area contributed by atoms with Gasteiger partial charge in [0, 0.05) is 23.3 Å². The summed E-state index contributed by atoms with van der Waals surface area (Å²) in [7, 11) is 3.26. The molecule has 0 aliphatic heterocycles. The molecule has 19 heavy (non-hydrogen) atoms. The van der Waals surface area contributed by atoms with E-state index in [1.54, 1.807) is 13.1 Å². The third kappa shape index (κ3) is 2.96. The Labute approximate surface area is 119 Å². The lowest BCUT2D eigenvalue weighted by atomic mass is 10.2. The van der Waals surface area contributed by atoms with Crippen LogP contribution in [0.15, 0.2) is 28.7 Å². The lowest BCUT2D eigenvalue weighted by Crippen LogP contribution is -2.13. The Morgan fingerprint density at radius 3 is 2.74 bits per heavy atom. The summed E-state index contributed by atoms with van der Waals surface area (Å²) in [6, 6.07) is 7.26. The summed E-state index contributed by atoms with van der Waals surface area (Å²) in [5, 5.41) is 6.92. The molecule has 2 rings (SSSR count). The van der Waals surface area contributed by atoms with Crippen molar-refractivity contribution < 1.29 is 9.53 Å². The van der Waals surface area contributed by atoms with E-state index in [-0.39, 0.29) is 5.91 Å². The van der Waals surface area contributed by atoms with Crippen LogP contribution in [0.4, 0.5) is 5.69 Å². The highest BCUT2D eigenvalue weighted by atomic mass is 79.9. The van der Waals surface area contributed by atoms with E-state index in [9.17, 15) is 4.79 Å². The zero-order valence-electron chi connectivity index (χ0n) is 10.9. The van der Waals surface area contributed by atoms with Crippen LogP contribution in [-0.2, 0) is 7.05 Å². The number of halogens is 1. The van der Waals surface area contributed by atoms with Crippen LogP contribution in [0.1, 0.15) is 16.1 Å². The van der Waals surface area contributed by atoms with Crippen LogP contribution in [0.2, 0.25) is 0 Å². The average molecular weight is 324 g/mol. The van der Waals surface area contributed by atoms with Gasteiger partial charge in [0.2, 0.25) is 5.88 Å². The molecule has 1 heterocycles. The van der Waals surface area contributed by atoms with Crippen molar-refractivity contribution in [3.63, 3.8) is 0 Å². The summed E-state index contributed by atoms with van der Waals surface area (Å²) in [6.07, 6.45) is 0. The van der Waals surface area contributed by atoms with Gasteiger partial charge in [-0.25, -0.2) is 4.68 Å². The van der Waals surface area contributed by atoms with Gasteiger partial charge < -0.3 is 10.1 Å². The second kappa shape index (κ2) is 5.44. The van der Waals surface area contributed by atoms with Crippen molar-refractivity contribution in [2.75, 3.05) is 12.4 Å². The molecule has 0 bridgehead atoms. The Morgan fingerprint density at radius 1 is 1.42 bits per heavy atom. The lowest BCUT2D eigenvalue weighted by Gasteiger charge is -2.07. The number of amides is 1. The molecule has 0 saturated carbocycles. The highest BCUT2D eigenvalue weighted by molar-refractivity contribution is 9.10. The van der Waals surface area contributed by atoms with Gasteiger partial charge in [0.1, 0.15) is 0 Å². The minimum absolute atomic E-state index is 0.260. The second-order valence-corrected chi connectivity index (χ2v) is 5.02. The van der Waals surface area contributed by atoms with Gasteiger partial charge in [-0.15, -0.1) is 0 Å². The highest BCUT2D eigenvalue weighted by Crippen LogP contribution is 2.21. The average Bonchev–Trinajstić information content (AvgIpc) is 2.74. The highest BCUT2D eigenvalue weighted by Gasteiger charge is 2.14. The molecule has 0 spiro atoms. The maximum absolute atomic E-state index is 12.1. The number of carbonyl (C=O) groups is 1. The Hall–Kier alpha value is -1.82. The molecule has 1 N–H and O–H groups in total. The molecular weight excluding hydrogens is 310 g/mol. The van der Waals surface area contributed by atoms with E-state index in [1.807, 2.05) is 25.1 Å². The molecule has 0 atom stereocenters. The van der Waals surface area contributed by atoms with Crippen LogP contribution in [0.25, 0.3) is 0 Å². The summed E-state index contributed by atoms with van der Waals surface area (Å²) < 4.78 is 7.57. The number of nitrogens with zero attached hydrogens (tertiary/aromatic N) is 2. The fraction of sp³-hybridized carbons (Fsp3) is 0.231. The van der Waals surface area contributed by atoms with Gasteiger partial charge >= 0.3 is 0 Å². The molecule has 6 heteroatoms. The molecular formula is C13H14BrN3O2. The maximum Gasteiger partial charge on any atom is 0.276 e. The Morgan fingerprint density at radius 2 is 2.16 bits per heavy atom. The molecule has 100 valence electrons. The number of rotatable bonds is 3. The molecule has 0 unspecified atom stereocenters. The Balaban J connectivity index is 2.20. The number of aryl methyl sites for hydroxylation is 2. The Kier molecular flexibility index (Phi) is 3.90. The number of benzene rings is 1. The first-order chi connectivity index (χ1) is 9.01. The number of aromatic nitrogens is 2. The summed E-state index contributed by atoms with van der Waals surface area (Å²) >= 11 is 3.38. The van der Waals surface area contributed by atoms with Crippen LogP contribution in [0, 0.1) is 6.92 Å². The van der Waals surface area contributed by atoms with Crippen LogP contribution in [0.5, 0.6) is 5.88 Å². The zero-order chi connectivity index (χ0) is 14.0. The van der Waals surface area contributed by atoms with Crippen LogP contribution >= 0.6 is 15.9 Å². The number of hydrogen-bond acceptors (Lipinski definition) is 3. The zero-order valence-corrected chi connectivity index (χ0v) is 12.5. The normalized spacial score (nSPS) is 10.3. The van der Waals surface area contributed by atoms with E-state index < -0.39 is 0 Å². The standard InChI is InChI=1S/C13H14BrN3O2/c1-8-6-9(14)4-5-10(8)15-13(18)11-7-12(19-3)17(2)16-11/h4-7H,1-3H3,(H,15,18). The van der Waals surface area contributed by atoms with Crippen molar-refractivity contribution in [3.05, 3.63) is 40.0 Å². The molecule has 1 amide bonds. The van der Waals surface area contributed by atoms with Crippen LogP contribution in [0.3, 0.4) is 0 Å². The van der Waals surface area contributed by atoms with Gasteiger partial charge in [0.05, 0.1) is 7.11 Å². The van der Waals surface area contributed by atoms with E-state index in [1.165, 1.54) is 11.8 Å². The van der Waals surface area contributed by atoms with Gasteiger partial charge in [0.25, 0.3) is 5.91 Å². The lowest BCUT2D eigenvalue weighted by molar-refractivity contribution is 0.102. The monoisotopic (exact) mass is 323 g/mol. The molecule has 1 aromatic carbocycles. The molecule has 0 saturated heterocycles. The molecule has 0 aliphatic rings. The van der Waals surface area contributed by atoms with E-state index in [2.05, 4.69) is 26.3 Å². The van der Waals surface area contributed by atoms with Gasteiger partial charge in [-0.05, 0) is 30.7 Å². The number of carbonyl (C=O) groups excluding carboxylic acids is 1. The number of anilines is 1. The van der Waals surface area contributed by atoms with E-state index in [0.29, 0.717) is 11.6 Å². The van der Waals surface area contributed by atoms with Gasteiger partial charge in [-0.1, -0.05) is 15.9 Å². The van der Waals surface area contributed by atoms with Crippen molar-refractivity contribution in [2.24, 2.45) is 7.05 Å². The van der Waals surface area contributed by atoms with E-state index in [0.717, 1.165) is 15.7 Å². The van der Waals surface area contributed by atoms with Crippen LogP contribution in [-0.4, -0.2) is 22.8 Å². The number of hydrogen-bond donors (Lipinski definition) is 1. The number of methoxy groups -OCH3 is 1. The molecule has 0 radical (unpaired) electrons. The molecule has 1 aromatic heterocycles. The summed E-state index contributed by atoms with van der Waals surface area (Å²) in [4.78, 5) is 12.1. The summed E-state index contributed by atoms with van der Waals surface area (Å²) in [6.45, 7) is 1.93. The largest absolute Gasteiger partial charge is 0.481 e. The molecule has 0 aliphatic carbocycles. The number of nitrogens with one attached hydrogen (secondary N) is 1. The Bertz CT molecular complexity index is 622. The van der Waals surface area contributed by atoms with Crippen molar-refractivity contribution in [3.8, 4) is 5.88 Å². The molecule has 0 fully saturated rings. The third-order valence-electron chi connectivity index (χ3n) is 2.72. The smallest absolute Gasteiger partial charge is 0.276 e. The van der Waals surface area contributed by atoms with Crippen molar-refractivity contribution in [2.45, 2.75) is 6.92 Å². The van der Waals surface area contributed by atoms with Crippen molar-refractivity contribution >= 4 is 27.5 Å². The van der Waals surface area contributed by atoms with Crippen molar-refractivity contribution in [1.82, 2.24) is 9.78 Å². The maximum atomic E-state index is 12.1. The topological polar surface area (TPSA) is 56.1 Å². The minimum atomic E-state index is -0.260. The van der Waals surface area contributed by atoms with E-state index in [4.69, 9.17) is 4.74 Å². The first-order valence-electron chi connectivity index (χ1n) is 5.67.